The minimum atomic E-state index is 0.142. The number of ketones is 1. The zero-order valence-electron chi connectivity index (χ0n) is 11.6. The summed E-state index contributed by atoms with van der Waals surface area (Å²) in [6.45, 7) is 4.18. The molecule has 0 saturated carbocycles. The molecule has 19 heavy (non-hydrogen) atoms. The predicted octanol–water partition coefficient (Wildman–Crippen LogP) is 3.87. The number of phenols is 1. The lowest BCUT2D eigenvalue weighted by Crippen LogP contribution is -2.27. The van der Waals surface area contributed by atoms with Crippen molar-refractivity contribution in [3.8, 4) is 5.75 Å². The molecule has 0 unspecified atom stereocenters. The van der Waals surface area contributed by atoms with Crippen molar-refractivity contribution in [2.24, 2.45) is 5.41 Å². The summed E-state index contributed by atoms with van der Waals surface area (Å²) >= 11 is 0. The molecule has 0 radical (unpaired) electrons. The standard InChI is InChI=1S/C17H20O2/c1-3-7-17-8-6-15(19)11(2)16(17)14-5-4-13(18)9-12(14)10-17/h4-5,9,18H,3,6-8,10H2,1-2H3/t17-/m0/s1. The van der Waals surface area contributed by atoms with Crippen molar-refractivity contribution in [2.75, 3.05) is 0 Å². The Labute approximate surface area is 114 Å². The molecule has 2 aliphatic carbocycles. The lowest BCUT2D eigenvalue weighted by Gasteiger charge is -2.35. The van der Waals surface area contributed by atoms with Gasteiger partial charge in [0.2, 0.25) is 0 Å². The highest BCUT2D eigenvalue weighted by Gasteiger charge is 2.45. The third-order valence-electron chi connectivity index (χ3n) is 4.77. The maximum Gasteiger partial charge on any atom is 0.158 e. The van der Waals surface area contributed by atoms with Gasteiger partial charge in [0.1, 0.15) is 5.75 Å². The maximum absolute atomic E-state index is 12.1. The normalized spacial score (nSPS) is 25.5. The maximum atomic E-state index is 12.1. The van der Waals surface area contributed by atoms with Crippen LogP contribution < -0.4 is 0 Å². The second kappa shape index (κ2) is 4.22. The Kier molecular flexibility index (Phi) is 2.77. The first-order chi connectivity index (χ1) is 9.07. The largest absolute Gasteiger partial charge is 0.508 e. The van der Waals surface area contributed by atoms with Gasteiger partial charge in [-0.1, -0.05) is 19.4 Å². The first-order valence-corrected chi connectivity index (χ1v) is 7.14. The fourth-order valence-corrected chi connectivity index (χ4v) is 4.02. The van der Waals surface area contributed by atoms with E-state index < -0.39 is 0 Å². The second-order valence-corrected chi connectivity index (χ2v) is 5.97. The highest BCUT2D eigenvalue weighted by molar-refractivity contribution is 6.06. The summed E-state index contributed by atoms with van der Waals surface area (Å²) in [5, 5.41) is 9.68. The van der Waals surface area contributed by atoms with Crippen LogP contribution in [0, 0.1) is 5.41 Å². The van der Waals surface area contributed by atoms with Crippen molar-refractivity contribution in [1.82, 2.24) is 0 Å². The molecular weight excluding hydrogens is 236 g/mol. The quantitative estimate of drug-likeness (QED) is 0.872. The number of Topliss-reactive ketones (excluding diaryl/α,β-unsaturated/α-hetero) is 1. The molecule has 1 atom stereocenters. The van der Waals surface area contributed by atoms with E-state index in [0.29, 0.717) is 18.0 Å². The molecule has 2 heteroatoms. The minimum Gasteiger partial charge on any atom is -0.508 e. The van der Waals surface area contributed by atoms with Crippen LogP contribution in [0.2, 0.25) is 0 Å². The number of rotatable bonds is 2. The van der Waals surface area contributed by atoms with Gasteiger partial charge < -0.3 is 5.11 Å². The highest BCUT2D eigenvalue weighted by atomic mass is 16.3. The van der Waals surface area contributed by atoms with E-state index in [4.69, 9.17) is 0 Å². The topological polar surface area (TPSA) is 37.3 Å². The number of fused-ring (bicyclic) bond motifs is 3. The zero-order chi connectivity index (χ0) is 13.6. The van der Waals surface area contributed by atoms with Crippen LogP contribution in [0.15, 0.2) is 23.8 Å². The number of phenolic OH excluding ortho intramolecular Hbond substituents is 1. The van der Waals surface area contributed by atoms with Crippen molar-refractivity contribution in [3.63, 3.8) is 0 Å². The van der Waals surface area contributed by atoms with Crippen molar-refractivity contribution >= 4 is 11.4 Å². The molecule has 0 saturated heterocycles. The summed E-state index contributed by atoms with van der Waals surface area (Å²) in [6, 6.07) is 5.59. The van der Waals surface area contributed by atoms with E-state index in [0.717, 1.165) is 31.3 Å². The van der Waals surface area contributed by atoms with E-state index in [1.807, 2.05) is 19.1 Å². The molecule has 1 N–H and O–H groups in total. The van der Waals surface area contributed by atoms with E-state index in [-0.39, 0.29) is 5.41 Å². The summed E-state index contributed by atoms with van der Waals surface area (Å²) < 4.78 is 0. The Balaban J connectivity index is 2.22. The average molecular weight is 256 g/mol. The van der Waals surface area contributed by atoms with E-state index in [1.165, 1.54) is 16.7 Å². The van der Waals surface area contributed by atoms with Crippen LogP contribution >= 0.6 is 0 Å². The molecule has 2 nitrogen and oxygen atoms in total. The predicted molar refractivity (Wildman–Crippen MR) is 76.0 cm³/mol. The summed E-state index contributed by atoms with van der Waals surface area (Å²) in [6.07, 6.45) is 4.87. The Bertz CT molecular complexity index is 583. The number of hydrogen-bond acceptors (Lipinski definition) is 2. The molecule has 3 rings (SSSR count). The lowest BCUT2D eigenvalue weighted by atomic mass is 9.67. The van der Waals surface area contributed by atoms with Crippen LogP contribution in [-0.4, -0.2) is 10.9 Å². The molecule has 0 bridgehead atoms. The number of hydrogen-bond donors (Lipinski definition) is 1. The van der Waals surface area contributed by atoms with Crippen LogP contribution in [0.25, 0.3) is 5.57 Å². The number of benzene rings is 1. The van der Waals surface area contributed by atoms with Crippen molar-refractivity contribution in [3.05, 3.63) is 34.9 Å². The molecule has 0 fully saturated rings. The van der Waals surface area contributed by atoms with Gasteiger partial charge in [-0.3, -0.25) is 4.79 Å². The molecule has 0 aromatic heterocycles. The molecule has 1 aromatic carbocycles. The van der Waals surface area contributed by atoms with Crippen LogP contribution in [-0.2, 0) is 11.2 Å². The van der Waals surface area contributed by atoms with Crippen LogP contribution in [0.1, 0.15) is 50.7 Å². The fraction of sp³-hybridized carbons (Fsp3) is 0.471. The van der Waals surface area contributed by atoms with Crippen molar-refractivity contribution in [2.45, 2.75) is 46.0 Å². The van der Waals surface area contributed by atoms with Gasteiger partial charge >= 0.3 is 0 Å². The SMILES string of the molecule is CCC[C@@]12CCC(=O)C(C)=C1c1ccc(O)cc1C2. The Morgan fingerprint density at radius 3 is 2.89 bits per heavy atom. The third kappa shape index (κ3) is 1.73. The highest BCUT2D eigenvalue weighted by Crippen LogP contribution is 2.56. The molecule has 2 aliphatic rings. The Morgan fingerprint density at radius 2 is 2.16 bits per heavy atom. The monoisotopic (exact) mass is 256 g/mol. The Morgan fingerprint density at radius 1 is 1.37 bits per heavy atom. The Hall–Kier alpha value is -1.57. The number of aromatic hydroxyl groups is 1. The minimum absolute atomic E-state index is 0.142. The van der Waals surface area contributed by atoms with Gasteiger partial charge in [-0.2, -0.15) is 0 Å². The second-order valence-electron chi connectivity index (χ2n) is 5.97. The summed E-state index contributed by atoms with van der Waals surface area (Å²) in [5.41, 5.74) is 4.75. The molecule has 0 amide bonds. The van der Waals surface area contributed by atoms with Crippen LogP contribution in [0.3, 0.4) is 0 Å². The third-order valence-corrected chi connectivity index (χ3v) is 4.77. The van der Waals surface area contributed by atoms with E-state index in [2.05, 4.69) is 6.92 Å². The number of carbonyl (C=O) groups excluding carboxylic acids is 1. The van der Waals surface area contributed by atoms with Gasteiger partial charge in [0.05, 0.1) is 0 Å². The van der Waals surface area contributed by atoms with Gasteiger partial charge in [-0.25, -0.2) is 0 Å². The lowest BCUT2D eigenvalue weighted by molar-refractivity contribution is -0.116. The van der Waals surface area contributed by atoms with Gasteiger partial charge in [0, 0.05) is 11.8 Å². The number of carbonyl (C=O) groups is 1. The number of allylic oxidation sites excluding steroid dienone is 2. The van der Waals surface area contributed by atoms with Gasteiger partial charge in [0.15, 0.2) is 5.78 Å². The van der Waals surface area contributed by atoms with Crippen molar-refractivity contribution in [1.29, 1.82) is 0 Å². The van der Waals surface area contributed by atoms with E-state index >= 15 is 0 Å². The summed E-state index contributed by atoms with van der Waals surface area (Å²) in [5.74, 6) is 0.622. The van der Waals surface area contributed by atoms with Crippen molar-refractivity contribution < 1.29 is 9.90 Å². The molecule has 1 aromatic rings. The van der Waals surface area contributed by atoms with E-state index in [1.54, 1.807) is 6.07 Å². The summed E-state index contributed by atoms with van der Waals surface area (Å²) in [4.78, 5) is 12.1. The first kappa shape index (κ1) is 12.5. The summed E-state index contributed by atoms with van der Waals surface area (Å²) in [7, 11) is 0. The molecule has 0 aliphatic heterocycles. The fourth-order valence-electron chi connectivity index (χ4n) is 4.02. The molecular formula is C17H20O2. The van der Waals surface area contributed by atoms with Gasteiger partial charge in [0.25, 0.3) is 0 Å². The van der Waals surface area contributed by atoms with Gasteiger partial charge in [-0.15, -0.1) is 0 Å². The molecule has 0 spiro atoms. The van der Waals surface area contributed by atoms with E-state index in [9.17, 15) is 9.90 Å². The van der Waals surface area contributed by atoms with Crippen LogP contribution in [0.4, 0.5) is 0 Å². The van der Waals surface area contributed by atoms with Gasteiger partial charge in [-0.05, 0) is 60.6 Å². The smallest absolute Gasteiger partial charge is 0.158 e. The molecule has 0 heterocycles. The first-order valence-electron chi connectivity index (χ1n) is 7.14. The zero-order valence-corrected chi connectivity index (χ0v) is 11.6. The van der Waals surface area contributed by atoms with Crippen LogP contribution in [0.5, 0.6) is 5.75 Å². The molecule has 100 valence electrons. The average Bonchev–Trinajstić information content (AvgIpc) is 2.68.